The SMILES string of the molecule is CCN(CCOC)C1(CN)CCOC1C. The summed E-state index contributed by atoms with van der Waals surface area (Å²) < 4.78 is 10.8. The third-order valence-corrected chi connectivity index (χ3v) is 3.59. The van der Waals surface area contributed by atoms with E-state index in [4.69, 9.17) is 15.2 Å². The van der Waals surface area contributed by atoms with Gasteiger partial charge in [0.05, 0.1) is 18.2 Å². The van der Waals surface area contributed by atoms with E-state index >= 15 is 0 Å². The summed E-state index contributed by atoms with van der Waals surface area (Å²) in [4.78, 5) is 2.40. The molecule has 1 aliphatic heterocycles. The molecule has 1 aliphatic rings. The topological polar surface area (TPSA) is 47.7 Å². The Kier molecular flexibility index (Phi) is 4.99. The summed E-state index contributed by atoms with van der Waals surface area (Å²) in [5, 5.41) is 0. The fourth-order valence-corrected chi connectivity index (χ4v) is 2.48. The van der Waals surface area contributed by atoms with Crippen molar-refractivity contribution in [1.29, 1.82) is 0 Å². The van der Waals surface area contributed by atoms with Gasteiger partial charge >= 0.3 is 0 Å². The molecule has 1 heterocycles. The van der Waals surface area contributed by atoms with E-state index in [1.54, 1.807) is 7.11 Å². The minimum absolute atomic E-state index is 0.0211. The van der Waals surface area contributed by atoms with Gasteiger partial charge in [-0.05, 0) is 19.9 Å². The number of nitrogens with zero attached hydrogens (tertiary/aromatic N) is 1. The molecule has 0 radical (unpaired) electrons. The van der Waals surface area contributed by atoms with Gasteiger partial charge in [0.2, 0.25) is 0 Å². The number of rotatable bonds is 6. The average Bonchev–Trinajstić information content (AvgIpc) is 2.62. The van der Waals surface area contributed by atoms with Crippen LogP contribution < -0.4 is 5.73 Å². The molecule has 2 unspecified atom stereocenters. The Morgan fingerprint density at radius 3 is 2.73 bits per heavy atom. The van der Waals surface area contributed by atoms with E-state index in [1.807, 2.05) is 0 Å². The van der Waals surface area contributed by atoms with Crippen LogP contribution in [0.15, 0.2) is 0 Å². The van der Waals surface area contributed by atoms with Crippen molar-refractivity contribution in [3.05, 3.63) is 0 Å². The van der Waals surface area contributed by atoms with Gasteiger partial charge < -0.3 is 15.2 Å². The van der Waals surface area contributed by atoms with Gasteiger partial charge in [-0.1, -0.05) is 6.92 Å². The molecule has 0 amide bonds. The summed E-state index contributed by atoms with van der Waals surface area (Å²) in [5.74, 6) is 0. The molecule has 0 aromatic carbocycles. The highest BCUT2D eigenvalue weighted by atomic mass is 16.5. The third kappa shape index (κ3) is 2.50. The minimum atomic E-state index is 0.0211. The maximum Gasteiger partial charge on any atom is 0.0743 e. The average molecular weight is 216 g/mol. The van der Waals surface area contributed by atoms with Gasteiger partial charge in [-0.2, -0.15) is 0 Å². The summed E-state index contributed by atoms with van der Waals surface area (Å²) in [6.07, 6.45) is 1.25. The zero-order chi connectivity index (χ0) is 11.3. The number of nitrogens with two attached hydrogens (primary N) is 1. The predicted molar refractivity (Wildman–Crippen MR) is 60.9 cm³/mol. The van der Waals surface area contributed by atoms with Gasteiger partial charge in [-0.3, -0.25) is 4.90 Å². The fourth-order valence-electron chi connectivity index (χ4n) is 2.48. The van der Waals surface area contributed by atoms with Crippen molar-refractivity contribution in [2.24, 2.45) is 5.73 Å². The monoisotopic (exact) mass is 216 g/mol. The van der Waals surface area contributed by atoms with Crippen LogP contribution in [0.2, 0.25) is 0 Å². The molecule has 0 saturated carbocycles. The molecule has 1 rings (SSSR count). The second-order valence-corrected chi connectivity index (χ2v) is 4.14. The standard InChI is InChI=1S/C11H24N2O2/c1-4-13(6-8-14-3)11(9-12)5-7-15-10(11)2/h10H,4-9,12H2,1-3H3. The van der Waals surface area contributed by atoms with Gasteiger partial charge in [0.1, 0.15) is 0 Å². The van der Waals surface area contributed by atoms with Crippen LogP contribution in [0.4, 0.5) is 0 Å². The first kappa shape index (κ1) is 12.9. The number of methoxy groups -OCH3 is 1. The summed E-state index contributed by atoms with van der Waals surface area (Å²) in [5.41, 5.74) is 5.97. The van der Waals surface area contributed by atoms with E-state index in [-0.39, 0.29) is 11.6 Å². The third-order valence-electron chi connectivity index (χ3n) is 3.59. The number of hydrogen-bond acceptors (Lipinski definition) is 4. The lowest BCUT2D eigenvalue weighted by Crippen LogP contribution is -2.58. The zero-order valence-electron chi connectivity index (χ0n) is 10.2. The van der Waals surface area contributed by atoms with Crippen LogP contribution in [0, 0.1) is 0 Å². The molecule has 0 bridgehead atoms. The van der Waals surface area contributed by atoms with Crippen molar-refractivity contribution in [1.82, 2.24) is 4.90 Å². The molecule has 1 fully saturated rings. The molecular formula is C11H24N2O2. The number of hydrogen-bond donors (Lipinski definition) is 1. The summed E-state index contributed by atoms with van der Waals surface area (Å²) in [6.45, 7) is 8.44. The first-order valence-electron chi connectivity index (χ1n) is 5.77. The highest BCUT2D eigenvalue weighted by Gasteiger charge is 2.44. The molecule has 0 aliphatic carbocycles. The Hall–Kier alpha value is -0.160. The predicted octanol–water partition coefficient (Wildman–Crippen LogP) is 0.461. The van der Waals surface area contributed by atoms with Crippen LogP contribution in [0.3, 0.4) is 0 Å². The van der Waals surface area contributed by atoms with Crippen LogP contribution in [0.25, 0.3) is 0 Å². The van der Waals surface area contributed by atoms with E-state index in [2.05, 4.69) is 18.7 Å². The van der Waals surface area contributed by atoms with Crippen molar-refractivity contribution < 1.29 is 9.47 Å². The summed E-state index contributed by atoms with van der Waals surface area (Å²) >= 11 is 0. The lowest BCUT2D eigenvalue weighted by atomic mass is 9.89. The normalized spacial score (nSPS) is 31.4. The van der Waals surface area contributed by atoms with Crippen molar-refractivity contribution in [3.63, 3.8) is 0 Å². The second kappa shape index (κ2) is 5.80. The van der Waals surface area contributed by atoms with E-state index in [9.17, 15) is 0 Å². The molecule has 0 aromatic heterocycles. The maximum atomic E-state index is 5.94. The first-order valence-corrected chi connectivity index (χ1v) is 5.77. The fraction of sp³-hybridized carbons (Fsp3) is 1.00. The van der Waals surface area contributed by atoms with Crippen molar-refractivity contribution >= 4 is 0 Å². The quantitative estimate of drug-likeness (QED) is 0.701. The van der Waals surface area contributed by atoms with Crippen LogP contribution in [0.1, 0.15) is 20.3 Å². The molecule has 1 saturated heterocycles. The minimum Gasteiger partial charge on any atom is -0.383 e. The van der Waals surface area contributed by atoms with Gasteiger partial charge in [0.25, 0.3) is 0 Å². The van der Waals surface area contributed by atoms with Crippen molar-refractivity contribution in [2.75, 3.05) is 40.0 Å². The van der Waals surface area contributed by atoms with Crippen LogP contribution in [-0.2, 0) is 9.47 Å². The lowest BCUT2D eigenvalue weighted by molar-refractivity contribution is 0.00517. The van der Waals surface area contributed by atoms with E-state index in [0.717, 1.165) is 32.7 Å². The largest absolute Gasteiger partial charge is 0.383 e. The molecular weight excluding hydrogens is 192 g/mol. The molecule has 4 nitrogen and oxygen atoms in total. The van der Waals surface area contributed by atoms with E-state index in [1.165, 1.54) is 0 Å². The van der Waals surface area contributed by atoms with E-state index in [0.29, 0.717) is 6.54 Å². The highest BCUT2D eigenvalue weighted by molar-refractivity contribution is 5.00. The lowest BCUT2D eigenvalue weighted by Gasteiger charge is -2.42. The van der Waals surface area contributed by atoms with Crippen LogP contribution in [0.5, 0.6) is 0 Å². The van der Waals surface area contributed by atoms with Gasteiger partial charge in [0.15, 0.2) is 0 Å². The smallest absolute Gasteiger partial charge is 0.0743 e. The molecule has 2 N–H and O–H groups in total. The Labute approximate surface area is 92.7 Å². The molecule has 15 heavy (non-hydrogen) atoms. The van der Waals surface area contributed by atoms with Gasteiger partial charge in [-0.25, -0.2) is 0 Å². The van der Waals surface area contributed by atoms with Crippen LogP contribution >= 0.6 is 0 Å². The number of ether oxygens (including phenoxy) is 2. The Bertz CT molecular complexity index is 189. The van der Waals surface area contributed by atoms with Gasteiger partial charge in [-0.15, -0.1) is 0 Å². The number of likely N-dealkylation sites (N-methyl/N-ethyl adjacent to an activating group) is 1. The molecule has 2 atom stereocenters. The molecule has 0 spiro atoms. The zero-order valence-corrected chi connectivity index (χ0v) is 10.2. The summed E-state index contributed by atoms with van der Waals surface area (Å²) in [6, 6.07) is 0. The first-order chi connectivity index (χ1) is 7.21. The van der Waals surface area contributed by atoms with Crippen molar-refractivity contribution in [2.45, 2.75) is 31.9 Å². The Morgan fingerprint density at radius 1 is 1.60 bits per heavy atom. The Morgan fingerprint density at radius 2 is 2.33 bits per heavy atom. The van der Waals surface area contributed by atoms with E-state index < -0.39 is 0 Å². The van der Waals surface area contributed by atoms with Crippen LogP contribution in [-0.4, -0.2) is 56.5 Å². The Balaban J connectivity index is 2.68. The maximum absolute atomic E-state index is 5.94. The molecule has 90 valence electrons. The highest BCUT2D eigenvalue weighted by Crippen LogP contribution is 2.30. The molecule has 4 heteroatoms. The molecule has 0 aromatic rings. The van der Waals surface area contributed by atoms with Crippen molar-refractivity contribution in [3.8, 4) is 0 Å². The van der Waals surface area contributed by atoms with Gasteiger partial charge in [0, 0.05) is 26.8 Å². The summed E-state index contributed by atoms with van der Waals surface area (Å²) in [7, 11) is 1.73. The second-order valence-electron chi connectivity index (χ2n) is 4.14.